The Kier molecular flexibility index (Phi) is 10.6. The van der Waals surface area contributed by atoms with Crippen molar-refractivity contribution in [1.82, 2.24) is 0 Å². The van der Waals surface area contributed by atoms with Gasteiger partial charge in [0.15, 0.2) is 0 Å². The molecule has 1 aromatic carbocycles. The Balaban J connectivity index is 1.52. The molecule has 0 radical (unpaired) electrons. The second-order valence-electron chi connectivity index (χ2n) is 14.7. The SMILES string of the molecule is CCCCCC1CCC(CCC2CCC(C(F)(F)Oc3cc(C(C)(C)C)c(O)c(C(C)(C)C)c3)CC2)CC1. The van der Waals surface area contributed by atoms with Crippen LogP contribution in [0.2, 0.25) is 0 Å². The lowest BCUT2D eigenvalue weighted by molar-refractivity contribution is -0.223. The van der Waals surface area contributed by atoms with Crippen LogP contribution in [-0.4, -0.2) is 11.2 Å². The monoisotopic (exact) mass is 534 g/mol. The number of halogens is 2. The molecular weight excluding hydrogens is 478 g/mol. The molecule has 0 amide bonds. The first-order valence-corrected chi connectivity index (χ1v) is 15.7. The molecule has 38 heavy (non-hydrogen) atoms. The van der Waals surface area contributed by atoms with E-state index in [4.69, 9.17) is 4.74 Å². The summed E-state index contributed by atoms with van der Waals surface area (Å²) in [6.07, 6.45) is 13.1. The maximum Gasteiger partial charge on any atom is 0.400 e. The van der Waals surface area contributed by atoms with E-state index in [0.29, 0.717) is 29.9 Å². The summed E-state index contributed by atoms with van der Waals surface area (Å²) in [6.45, 7) is 14.2. The normalized spacial score (nSPS) is 25.4. The third kappa shape index (κ3) is 8.59. The molecule has 2 aliphatic rings. The molecule has 0 bridgehead atoms. The van der Waals surface area contributed by atoms with E-state index in [9.17, 15) is 5.11 Å². The Hall–Kier alpha value is -1.32. The minimum atomic E-state index is -3.21. The van der Waals surface area contributed by atoms with Gasteiger partial charge in [-0.1, -0.05) is 113 Å². The number of phenolic OH excluding ortho intramolecular Hbond substituents is 1. The molecule has 0 saturated heterocycles. The van der Waals surface area contributed by atoms with Gasteiger partial charge in [-0.05, 0) is 66.4 Å². The Morgan fingerprint density at radius 2 is 1.13 bits per heavy atom. The smallest absolute Gasteiger partial charge is 0.400 e. The van der Waals surface area contributed by atoms with Crippen LogP contribution >= 0.6 is 0 Å². The number of alkyl halides is 2. The van der Waals surface area contributed by atoms with Crippen molar-refractivity contribution in [1.29, 1.82) is 0 Å². The van der Waals surface area contributed by atoms with Crippen LogP contribution in [0.3, 0.4) is 0 Å². The summed E-state index contributed by atoms with van der Waals surface area (Å²) in [5.41, 5.74) is 0.528. The Morgan fingerprint density at radius 3 is 1.55 bits per heavy atom. The Labute approximate surface area is 232 Å². The van der Waals surface area contributed by atoms with Gasteiger partial charge in [-0.15, -0.1) is 0 Å². The van der Waals surface area contributed by atoms with Crippen LogP contribution < -0.4 is 4.74 Å². The van der Waals surface area contributed by atoms with Gasteiger partial charge in [0.05, 0.1) is 5.92 Å². The van der Waals surface area contributed by atoms with Gasteiger partial charge >= 0.3 is 6.11 Å². The summed E-state index contributed by atoms with van der Waals surface area (Å²) in [7, 11) is 0. The van der Waals surface area contributed by atoms with Crippen LogP contribution in [0.1, 0.15) is 149 Å². The summed E-state index contributed by atoms with van der Waals surface area (Å²) in [6, 6.07) is 3.23. The van der Waals surface area contributed by atoms with Gasteiger partial charge in [0.1, 0.15) is 11.5 Å². The fraction of sp³-hybridized carbons (Fsp3) is 0.824. The summed E-state index contributed by atoms with van der Waals surface area (Å²) in [4.78, 5) is 0. The highest BCUT2D eigenvalue weighted by atomic mass is 19.3. The largest absolute Gasteiger partial charge is 0.507 e. The highest BCUT2D eigenvalue weighted by Gasteiger charge is 2.44. The number of benzene rings is 1. The lowest BCUT2D eigenvalue weighted by Gasteiger charge is -2.35. The number of rotatable bonds is 10. The first kappa shape index (κ1) is 31.2. The van der Waals surface area contributed by atoms with E-state index in [1.165, 1.54) is 64.2 Å². The van der Waals surface area contributed by atoms with Gasteiger partial charge < -0.3 is 9.84 Å². The zero-order chi connectivity index (χ0) is 28.1. The first-order valence-electron chi connectivity index (χ1n) is 15.7. The molecule has 0 atom stereocenters. The van der Waals surface area contributed by atoms with Crippen molar-refractivity contribution in [3.63, 3.8) is 0 Å². The second kappa shape index (κ2) is 12.9. The van der Waals surface area contributed by atoms with Gasteiger partial charge in [0.2, 0.25) is 0 Å². The van der Waals surface area contributed by atoms with Gasteiger partial charge in [-0.3, -0.25) is 0 Å². The molecule has 4 heteroatoms. The summed E-state index contributed by atoms with van der Waals surface area (Å²) in [5, 5.41) is 10.9. The van der Waals surface area contributed by atoms with Crippen molar-refractivity contribution in [2.24, 2.45) is 23.7 Å². The van der Waals surface area contributed by atoms with E-state index in [2.05, 4.69) is 6.92 Å². The zero-order valence-electron chi connectivity index (χ0n) is 25.5. The van der Waals surface area contributed by atoms with Gasteiger partial charge in [-0.25, -0.2) is 0 Å². The molecule has 2 saturated carbocycles. The van der Waals surface area contributed by atoms with E-state index in [-0.39, 0.29) is 22.3 Å². The van der Waals surface area contributed by atoms with Crippen molar-refractivity contribution in [3.8, 4) is 11.5 Å². The lowest BCUT2D eigenvalue weighted by Crippen LogP contribution is -2.37. The van der Waals surface area contributed by atoms with Crippen molar-refractivity contribution in [2.75, 3.05) is 0 Å². The van der Waals surface area contributed by atoms with Crippen LogP contribution in [0.15, 0.2) is 12.1 Å². The number of ether oxygens (including phenoxy) is 1. The van der Waals surface area contributed by atoms with E-state index in [0.717, 1.165) is 24.7 Å². The van der Waals surface area contributed by atoms with E-state index in [1.54, 1.807) is 12.1 Å². The number of unbranched alkanes of at least 4 members (excludes halogenated alkanes) is 2. The minimum Gasteiger partial charge on any atom is -0.507 e. The molecule has 0 aliphatic heterocycles. The molecule has 2 nitrogen and oxygen atoms in total. The highest BCUT2D eigenvalue weighted by Crippen LogP contribution is 2.46. The summed E-state index contributed by atoms with van der Waals surface area (Å²) >= 11 is 0. The first-order chi connectivity index (χ1) is 17.7. The maximum absolute atomic E-state index is 15.4. The van der Waals surface area contributed by atoms with Crippen molar-refractivity contribution in [2.45, 2.75) is 155 Å². The molecule has 3 rings (SSSR count). The number of phenols is 1. The van der Waals surface area contributed by atoms with Crippen LogP contribution in [-0.2, 0) is 10.8 Å². The molecule has 0 spiro atoms. The van der Waals surface area contributed by atoms with Crippen molar-refractivity contribution in [3.05, 3.63) is 23.3 Å². The number of hydrogen-bond donors (Lipinski definition) is 1. The molecule has 2 fully saturated rings. The van der Waals surface area contributed by atoms with Crippen LogP contribution in [0.5, 0.6) is 11.5 Å². The van der Waals surface area contributed by atoms with E-state index in [1.807, 2.05) is 41.5 Å². The zero-order valence-corrected chi connectivity index (χ0v) is 25.5. The van der Waals surface area contributed by atoms with Gasteiger partial charge in [0, 0.05) is 11.1 Å². The molecule has 1 N–H and O–H groups in total. The molecule has 1 aromatic rings. The van der Waals surface area contributed by atoms with Crippen LogP contribution in [0.4, 0.5) is 8.78 Å². The van der Waals surface area contributed by atoms with Crippen LogP contribution in [0, 0.1) is 23.7 Å². The number of hydrogen-bond acceptors (Lipinski definition) is 2. The number of aromatic hydroxyl groups is 1. The van der Waals surface area contributed by atoms with Crippen molar-refractivity contribution < 1.29 is 18.6 Å². The van der Waals surface area contributed by atoms with Crippen molar-refractivity contribution >= 4 is 0 Å². The average Bonchev–Trinajstić information content (AvgIpc) is 2.83. The average molecular weight is 535 g/mol. The third-order valence-corrected chi connectivity index (χ3v) is 9.44. The highest BCUT2D eigenvalue weighted by molar-refractivity contribution is 5.52. The lowest BCUT2D eigenvalue weighted by atomic mass is 9.74. The molecule has 0 heterocycles. The minimum absolute atomic E-state index is 0.162. The molecule has 2 aliphatic carbocycles. The Bertz CT molecular complexity index is 828. The summed E-state index contributed by atoms with van der Waals surface area (Å²) < 4.78 is 36.3. The second-order valence-corrected chi connectivity index (χ2v) is 14.7. The molecule has 218 valence electrons. The van der Waals surface area contributed by atoms with Crippen LogP contribution in [0.25, 0.3) is 0 Å². The fourth-order valence-electron chi connectivity index (χ4n) is 6.80. The third-order valence-electron chi connectivity index (χ3n) is 9.44. The summed E-state index contributed by atoms with van der Waals surface area (Å²) in [5.74, 6) is 1.98. The van der Waals surface area contributed by atoms with Gasteiger partial charge in [0.25, 0.3) is 0 Å². The Morgan fingerprint density at radius 1 is 0.711 bits per heavy atom. The van der Waals surface area contributed by atoms with Gasteiger partial charge in [-0.2, -0.15) is 8.78 Å². The fourth-order valence-corrected chi connectivity index (χ4v) is 6.80. The maximum atomic E-state index is 15.4. The van der Waals surface area contributed by atoms with E-state index >= 15 is 8.78 Å². The van der Waals surface area contributed by atoms with E-state index < -0.39 is 12.0 Å². The predicted molar refractivity (Wildman–Crippen MR) is 155 cm³/mol. The molecular formula is C34H56F2O2. The molecule has 0 unspecified atom stereocenters. The molecule has 0 aromatic heterocycles. The quantitative estimate of drug-likeness (QED) is 0.302. The topological polar surface area (TPSA) is 29.5 Å². The predicted octanol–water partition coefficient (Wildman–Crippen LogP) is 10.9. The standard InChI is InChI=1S/C34H56F2O2/c1-8-9-10-11-24-12-14-25(15-13-24)16-17-26-18-20-27(21-19-26)34(35,36)38-28-22-29(32(2,3)4)31(37)30(23-28)33(5,6)7/h22-27,37H,8-21H2,1-7H3.